The van der Waals surface area contributed by atoms with Crippen LogP contribution in [0.2, 0.25) is 0 Å². The quantitative estimate of drug-likeness (QED) is 0.916. The van der Waals surface area contributed by atoms with Crippen molar-refractivity contribution in [1.29, 1.82) is 0 Å². The van der Waals surface area contributed by atoms with Crippen molar-refractivity contribution in [2.24, 2.45) is 11.7 Å². The van der Waals surface area contributed by atoms with E-state index in [4.69, 9.17) is 5.73 Å². The second-order valence-corrected chi connectivity index (χ2v) is 5.41. The van der Waals surface area contributed by atoms with Gasteiger partial charge in [-0.3, -0.25) is 4.79 Å². The first-order valence-electron chi connectivity index (χ1n) is 7.19. The van der Waals surface area contributed by atoms with Crippen molar-refractivity contribution in [2.75, 3.05) is 7.05 Å². The zero-order valence-corrected chi connectivity index (χ0v) is 12.6. The predicted octanol–water partition coefficient (Wildman–Crippen LogP) is 2.98. The van der Waals surface area contributed by atoms with E-state index in [9.17, 15) is 4.79 Å². The third kappa shape index (κ3) is 3.92. The summed E-state index contributed by atoms with van der Waals surface area (Å²) >= 11 is 0. The van der Waals surface area contributed by atoms with Crippen molar-refractivity contribution < 1.29 is 4.79 Å². The number of benzene rings is 2. The predicted molar refractivity (Wildman–Crippen MR) is 85.5 cm³/mol. The molecule has 0 radical (unpaired) electrons. The lowest BCUT2D eigenvalue weighted by molar-refractivity contribution is -0.134. The number of hydrogen-bond donors (Lipinski definition) is 1. The fourth-order valence-electron chi connectivity index (χ4n) is 2.40. The van der Waals surface area contributed by atoms with Gasteiger partial charge in [0.2, 0.25) is 5.91 Å². The van der Waals surface area contributed by atoms with Crippen LogP contribution in [0.4, 0.5) is 0 Å². The maximum atomic E-state index is 12.5. The van der Waals surface area contributed by atoms with Gasteiger partial charge in [-0.2, -0.15) is 0 Å². The van der Waals surface area contributed by atoms with Gasteiger partial charge in [-0.15, -0.1) is 0 Å². The summed E-state index contributed by atoms with van der Waals surface area (Å²) in [6.07, 6.45) is 0. The van der Waals surface area contributed by atoms with Crippen molar-refractivity contribution in [3.05, 3.63) is 71.8 Å². The summed E-state index contributed by atoms with van der Waals surface area (Å²) in [7, 11) is 1.82. The van der Waals surface area contributed by atoms with E-state index < -0.39 is 0 Å². The lowest BCUT2D eigenvalue weighted by Gasteiger charge is -2.25. The van der Waals surface area contributed by atoms with E-state index in [1.54, 1.807) is 4.90 Å². The van der Waals surface area contributed by atoms with Gasteiger partial charge in [-0.05, 0) is 11.1 Å². The maximum Gasteiger partial charge on any atom is 0.227 e. The highest BCUT2D eigenvalue weighted by Crippen LogP contribution is 2.21. The average molecular weight is 282 g/mol. The van der Waals surface area contributed by atoms with Crippen LogP contribution in [0, 0.1) is 5.92 Å². The Balaban J connectivity index is 2.01. The molecule has 0 aliphatic carbocycles. The lowest BCUT2D eigenvalue weighted by atomic mass is 9.94. The summed E-state index contributed by atoms with van der Waals surface area (Å²) in [5, 5.41) is 0. The second-order valence-electron chi connectivity index (χ2n) is 5.41. The molecule has 0 fully saturated rings. The fourth-order valence-corrected chi connectivity index (χ4v) is 2.40. The molecule has 2 aromatic rings. The first-order valence-corrected chi connectivity index (χ1v) is 7.19. The molecule has 0 aliphatic rings. The van der Waals surface area contributed by atoms with Gasteiger partial charge in [0, 0.05) is 19.6 Å². The number of carbonyl (C=O) groups excluding carboxylic acids is 1. The van der Waals surface area contributed by atoms with Gasteiger partial charge in [0.25, 0.3) is 0 Å². The van der Waals surface area contributed by atoms with E-state index in [0.29, 0.717) is 6.54 Å². The van der Waals surface area contributed by atoms with E-state index in [0.717, 1.165) is 11.1 Å². The molecular weight excluding hydrogens is 260 g/mol. The fraction of sp³-hybridized carbons (Fsp3) is 0.278. The molecule has 2 atom stereocenters. The van der Waals surface area contributed by atoms with Gasteiger partial charge >= 0.3 is 0 Å². The Hall–Kier alpha value is -2.13. The second kappa shape index (κ2) is 7.04. The van der Waals surface area contributed by atoms with E-state index in [1.165, 1.54) is 0 Å². The van der Waals surface area contributed by atoms with Crippen molar-refractivity contribution in [2.45, 2.75) is 19.5 Å². The summed E-state index contributed by atoms with van der Waals surface area (Å²) in [5.74, 6) is -0.184. The minimum absolute atomic E-state index is 0.0650. The van der Waals surface area contributed by atoms with E-state index in [2.05, 4.69) is 0 Å². The number of amides is 1. The van der Waals surface area contributed by atoms with Crippen LogP contribution in [0.5, 0.6) is 0 Å². The molecule has 0 bridgehead atoms. The lowest BCUT2D eigenvalue weighted by Crippen LogP contribution is -2.36. The molecule has 110 valence electrons. The maximum absolute atomic E-state index is 12.5. The van der Waals surface area contributed by atoms with Crippen LogP contribution in [-0.2, 0) is 11.3 Å². The Morgan fingerprint density at radius 1 is 1.05 bits per heavy atom. The molecule has 0 saturated carbocycles. The van der Waals surface area contributed by atoms with Crippen molar-refractivity contribution in [3.63, 3.8) is 0 Å². The monoisotopic (exact) mass is 282 g/mol. The van der Waals surface area contributed by atoms with Crippen LogP contribution < -0.4 is 5.73 Å². The highest BCUT2D eigenvalue weighted by Gasteiger charge is 2.24. The molecule has 0 saturated heterocycles. The average Bonchev–Trinajstić information content (AvgIpc) is 2.54. The molecule has 0 spiro atoms. The first-order chi connectivity index (χ1) is 10.1. The highest BCUT2D eigenvalue weighted by atomic mass is 16.2. The van der Waals surface area contributed by atoms with Crippen LogP contribution in [0.1, 0.15) is 24.1 Å². The third-order valence-electron chi connectivity index (χ3n) is 3.75. The highest BCUT2D eigenvalue weighted by molar-refractivity contribution is 5.79. The van der Waals surface area contributed by atoms with E-state index in [-0.39, 0.29) is 17.9 Å². The van der Waals surface area contributed by atoms with Gasteiger partial charge in [-0.1, -0.05) is 67.6 Å². The molecule has 3 nitrogen and oxygen atoms in total. The molecule has 0 aromatic heterocycles. The smallest absolute Gasteiger partial charge is 0.227 e. The largest absolute Gasteiger partial charge is 0.341 e. The molecule has 0 aliphatic heterocycles. The van der Waals surface area contributed by atoms with Gasteiger partial charge in [0.1, 0.15) is 0 Å². The summed E-state index contributed by atoms with van der Waals surface area (Å²) in [5.41, 5.74) is 8.33. The zero-order valence-electron chi connectivity index (χ0n) is 12.6. The molecule has 21 heavy (non-hydrogen) atoms. The topological polar surface area (TPSA) is 46.3 Å². The van der Waals surface area contributed by atoms with Crippen LogP contribution >= 0.6 is 0 Å². The van der Waals surface area contributed by atoms with Crippen molar-refractivity contribution in [3.8, 4) is 0 Å². The van der Waals surface area contributed by atoms with Crippen LogP contribution in [0.3, 0.4) is 0 Å². The van der Waals surface area contributed by atoms with Crippen LogP contribution in [0.15, 0.2) is 60.7 Å². The minimum Gasteiger partial charge on any atom is -0.341 e. The molecule has 2 N–H and O–H groups in total. The molecule has 3 heteroatoms. The zero-order chi connectivity index (χ0) is 15.2. The Bertz CT molecular complexity index is 568. The molecule has 2 rings (SSSR count). The van der Waals surface area contributed by atoms with E-state index >= 15 is 0 Å². The van der Waals surface area contributed by atoms with Crippen molar-refractivity contribution in [1.82, 2.24) is 4.90 Å². The Labute approximate surface area is 126 Å². The normalized spacial score (nSPS) is 13.5. The summed E-state index contributed by atoms with van der Waals surface area (Å²) in [6.45, 7) is 2.49. The van der Waals surface area contributed by atoms with Crippen LogP contribution in [-0.4, -0.2) is 17.9 Å². The van der Waals surface area contributed by atoms with Crippen LogP contribution in [0.25, 0.3) is 0 Å². The Morgan fingerprint density at radius 3 is 2.14 bits per heavy atom. The number of hydrogen-bond acceptors (Lipinski definition) is 2. The number of nitrogens with two attached hydrogens (primary N) is 1. The summed E-state index contributed by atoms with van der Waals surface area (Å²) in [6, 6.07) is 19.5. The molecule has 0 heterocycles. The number of nitrogens with zero attached hydrogens (tertiary/aromatic N) is 1. The van der Waals surface area contributed by atoms with Crippen molar-refractivity contribution >= 4 is 5.91 Å². The number of rotatable bonds is 5. The summed E-state index contributed by atoms with van der Waals surface area (Å²) < 4.78 is 0. The van der Waals surface area contributed by atoms with Gasteiger partial charge < -0.3 is 10.6 Å². The molecule has 1 amide bonds. The van der Waals surface area contributed by atoms with Gasteiger partial charge in [-0.25, -0.2) is 0 Å². The summed E-state index contributed by atoms with van der Waals surface area (Å²) in [4.78, 5) is 14.2. The third-order valence-corrected chi connectivity index (χ3v) is 3.75. The minimum atomic E-state index is -0.281. The van der Waals surface area contributed by atoms with Gasteiger partial charge in [0.15, 0.2) is 0 Å². The molecule has 2 unspecified atom stereocenters. The van der Waals surface area contributed by atoms with E-state index in [1.807, 2.05) is 74.6 Å². The standard InChI is InChI=1S/C18H22N2O/c1-14(17(19)16-11-7-4-8-12-16)18(21)20(2)13-15-9-5-3-6-10-15/h3-12,14,17H,13,19H2,1-2H3. The van der Waals surface area contributed by atoms with Gasteiger partial charge in [0.05, 0.1) is 5.92 Å². The first kappa shape index (κ1) is 15.3. The SMILES string of the molecule is CC(C(=O)N(C)Cc1ccccc1)C(N)c1ccccc1. The molecular formula is C18H22N2O. The Morgan fingerprint density at radius 2 is 1.57 bits per heavy atom. The number of carbonyl (C=O) groups is 1. The Kier molecular flexibility index (Phi) is 5.12. The molecule has 2 aromatic carbocycles.